The molecule has 6 heteroatoms. The normalized spacial score (nSPS) is 11.9. The van der Waals surface area contributed by atoms with E-state index >= 15 is 0 Å². The summed E-state index contributed by atoms with van der Waals surface area (Å²) in [6.45, 7) is 1.93. The molecule has 1 N–H and O–H groups in total. The van der Waals surface area contributed by atoms with Crippen LogP contribution in [0.1, 0.15) is 21.4 Å². The van der Waals surface area contributed by atoms with Crippen LogP contribution in [0.15, 0.2) is 64.2 Å². The minimum Gasteiger partial charge on any atom is -0.207 e. The van der Waals surface area contributed by atoms with Gasteiger partial charge < -0.3 is 0 Å². The standard InChI is InChI=1S/C16H15NO2S3/c1-12-6-8-13(9-7-12)22(18,19)17-16(14-4-2-10-20-14)15-5-3-11-21-15/h2-11,16-17H,1H3. The van der Waals surface area contributed by atoms with Crippen molar-refractivity contribution in [3.05, 3.63) is 74.6 Å². The second-order valence-electron chi connectivity index (χ2n) is 4.90. The SMILES string of the molecule is Cc1ccc(S(=O)(=O)NC(c2cccs2)c2cccs2)cc1. The van der Waals surface area contributed by atoms with Crippen LogP contribution in [0.25, 0.3) is 0 Å². The third-order valence-corrected chi connectivity index (χ3v) is 6.57. The Morgan fingerprint density at radius 2 is 1.45 bits per heavy atom. The number of rotatable bonds is 5. The summed E-state index contributed by atoms with van der Waals surface area (Å²) in [5.41, 5.74) is 1.03. The van der Waals surface area contributed by atoms with Gasteiger partial charge in [0.15, 0.2) is 0 Å². The Hall–Kier alpha value is -1.47. The lowest BCUT2D eigenvalue weighted by Gasteiger charge is -2.16. The van der Waals surface area contributed by atoms with Crippen LogP contribution in [0.2, 0.25) is 0 Å². The molecular weight excluding hydrogens is 334 g/mol. The van der Waals surface area contributed by atoms with Crippen LogP contribution in [0.5, 0.6) is 0 Å². The highest BCUT2D eigenvalue weighted by molar-refractivity contribution is 7.89. The lowest BCUT2D eigenvalue weighted by molar-refractivity contribution is 0.574. The van der Waals surface area contributed by atoms with Gasteiger partial charge in [-0.1, -0.05) is 29.8 Å². The Kier molecular flexibility index (Phi) is 4.44. The van der Waals surface area contributed by atoms with E-state index in [1.165, 1.54) is 0 Å². The summed E-state index contributed by atoms with van der Waals surface area (Å²) < 4.78 is 28.1. The van der Waals surface area contributed by atoms with E-state index in [-0.39, 0.29) is 10.9 Å². The number of thiophene rings is 2. The average molecular weight is 350 g/mol. The first-order valence-corrected chi connectivity index (χ1v) is 9.96. The van der Waals surface area contributed by atoms with E-state index in [4.69, 9.17) is 0 Å². The lowest BCUT2D eigenvalue weighted by Crippen LogP contribution is -2.28. The first kappa shape index (κ1) is 15.4. The second kappa shape index (κ2) is 6.34. The minimum atomic E-state index is -3.56. The third-order valence-electron chi connectivity index (χ3n) is 3.26. The van der Waals surface area contributed by atoms with Crippen LogP contribution in [0.4, 0.5) is 0 Å². The quantitative estimate of drug-likeness (QED) is 0.751. The molecule has 0 radical (unpaired) electrons. The predicted molar refractivity (Wildman–Crippen MR) is 92.0 cm³/mol. The highest BCUT2D eigenvalue weighted by Gasteiger charge is 2.24. The largest absolute Gasteiger partial charge is 0.241 e. The van der Waals surface area contributed by atoms with Crippen molar-refractivity contribution < 1.29 is 8.42 Å². The van der Waals surface area contributed by atoms with E-state index in [0.717, 1.165) is 15.3 Å². The van der Waals surface area contributed by atoms with E-state index in [9.17, 15) is 8.42 Å². The third kappa shape index (κ3) is 3.30. The van der Waals surface area contributed by atoms with Gasteiger partial charge in [-0.2, -0.15) is 4.72 Å². The van der Waals surface area contributed by atoms with Crippen LogP contribution in [0, 0.1) is 6.92 Å². The minimum absolute atomic E-state index is 0.288. The van der Waals surface area contributed by atoms with Gasteiger partial charge in [0.2, 0.25) is 10.0 Å². The molecule has 2 aromatic heterocycles. The van der Waals surface area contributed by atoms with Crippen LogP contribution < -0.4 is 4.72 Å². The van der Waals surface area contributed by atoms with Crippen LogP contribution in [0.3, 0.4) is 0 Å². The van der Waals surface area contributed by atoms with Gasteiger partial charge in [0, 0.05) is 9.75 Å². The Morgan fingerprint density at radius 3 is 1.91 bits per heavy atom. The van der Waals surface area contributed by atoms with Crippen molar-refractivity contribution in [2.45, 2.75) is 17.9 Å². The van der Waals surface area contributed by atoms with Crippen LogP contribution in [-0.2, 0) is 10.0 Å². The number of aryl methyl sites for hydroxylation is 1. The van der Waals surface area contributed by atoms with E-state index in [2.05, 4.69) is 4.72 Å². The first-order valence-electron chi connectivity index (χ1n) is 6.72. The molecule has 0 aliphatic rings. The van der Waals surface area contributed by atoms with Crippen LogP contribution in [-0.4, -0.2) is 8.42 Å². The number of benzene rings is 1. The van der Waals surface area contributed by atoms with E-state index in [1.54, 1.807) is 46.9 Å². The van der Waals surface area contributed by atoms with Crippen molar-refractivity contribution in [2.24, 2.45) is 0 Å². The summed E-state index contributed by atoms with van der Waals surface area (Å²) >= 11 is 3.09. The maximum atomic E-state index is 12.6. The fraction of sp³-hybridized carbons (Fsp3) is 0.125. The van der Waals surface area contributed by atoms with E-state index in [0.29, 0.717) is 0 Å². The molecule has 0 amide bonds. The molecule has 0 fully saturated rings. The predicted octanol–water partition coefficient (Wildman–Crippen LogP) is 4.19. The second-order valence-corrected chi connectivity index (χ2v) is 8.57. The average Bonchev–Trinajstić information content (AvgIpc) is 3.19. The molecule has 3 nitrogen and oxygen atoms in total. The highest BCUT2D eigenvalue weighted by Crippen LogP contribution is 2.30. The summed E-state index contributed by atoms with van der Waals surface area (Å²) in [5.74, 6) is 0. The molecule has 0 aliphatic heterocycles. The maximum absolute atomic E-state index is 12.6. The molecule has 0 spiro atoms. The highest BCUT2D eigenvalue weighted by atomic mass is 32.2. The zero-order valence-electron chi connectivity index (χ0n) is 11.9. The molecule has 1 aromatic carbocycles. The van der Waals surface area contributed by atoms with Crippen molar-refractivity contribution in [1.82, 2.24) is 4.72 Å². The first-order chi connectivity index (χ1) is 10.6. The lowest BCUT2D eigenvalue weighted by atomic mass is 10.2. The molecule has 3 aromatic rings. The number of nitrogens with one attached hydrogen (secondary N) is 1. The molecule has 0 saturated heterocycles. The maximum Gasteiger partial charge on any atom is 0.241 e. The summed E-state index contributed by atoms with van der Waals surface area (Å²) in [6.07, 6.45) is 0. The van der Waals surface area contributed by atoms with Gasteiger partial charge in [-0.15, -0.1) is 22.7 Å². The number of sulfonamides is 1. The van der Waals surface area contributed by atoms with Gasteiger partial charge in [-0.25, -0.2) is 8.42 Å². The summed E-state index contributed by atoms with van der Waals surface area (Å²) in [6, 6.07) is 14.3. The molecule has 114 valence electrons. The Morgan fingerprint density at radius 1 is 0.909 bits per heavy atom. The van der Waals surface area contributed by atoms with Crippen molar-refractivity contribution in [1.29, 1.82) is 0 Å². The topological polar surface area (TPSA) is 46.2 Å². The molecule has 0 saturated carbocycles. The van der Waals surface area contributed by atoms with Gasteiger partial charge >= 0.3 is 0 Å². The van der Waals surface area contributed by atoms with Gasteiger partial charge in [0.05, 0.1) is 10.9 Å². The molecular formula is C16H15NO2S3. The van der Waals surface area contributed by atoms with Gasteiger partial charge in [-0.3, -0.25) is 0 Å². The number of hydrogen-bond acceptors (Lipinski definition) is 4. The summed E-state index contributed by atoms with van der Waals surface area (Å²) in [5, 5.41) is 3.91. The molecule has 2 heterocycles. The number of hydrogen-bond donors (Lipinski definition) is 1. The molecule has 0 bridgehead atoms. The van der Waals surface area contributed by atoms with Gasteiger partial charge in [-0.05, 0) is 41.9 Å². The fourth-order valence-corrected chi connectivity index (χ4v) is 5.11. The summed E-state index contributed by atoms with van der Waals surface area (Å²) in [7, 11) is -3.56. The molecule has 0 unspecified atom stereocenters. The smallest absolute Gasteiger partial charge is 0.207 e. The van der Waals surface area contributed by atoms with Crippen molar-refractivity contribution in [3.8, 4) is 0 Å². The zero-order valence-corrected chi connectivity index (χ0v) is 14.3. The zero-order chi connectivity index (χ0) is 15.6. The summed E-state index contributed by atoms with van der Waals surface area (Å²) in [4.78, 5) is 2.26. The monoisotopic (exact) mass is 349 g/mol. The molecule has 0 atom stereocenters. The fourth-order valence-electron chi connectivity index (χ4n) is 2.11. The molecule has 0 aliphatic carbocycles. The van der Waals surface area contributed by atoms with Gasteiger partial charge in [0.1, 0.15) is 0 Å². The van der Waals surface area contributed by atoms with Crippen LogP contribution >= 0.6 is 22.7 Å². The Bertz CT molecular complexity index is 786. The van der Waals surface area contributed by atoms with Crippen molar-refractivity contribution in [3.63, 3.8) is 0 Å². The molecule has 22 heavy (non-hydrogen) atoms. The molecule has 3 rings (SSSR count). The Labute approximate surface area is 138 Å². The van der Waals surface area contributed by atoms with E-state index < -0.39 is 10.0 Å². The Balaban J connectivity index is 1.95. The van der Waals surface area contributed by atoms with Crippen molar-refractivity contribution >= 4 is 32.7 Å². The van der Waals surface area contributed by atoms with Crippen molar-refractivity contribution in [2.75, 3.05) is 0 Å². The van der Waals surface area contributed by atoms with Gasteiger partial charge in [0.25, 0.3) is 0 Å². The van der Waals surface area contributed by atoms with E-state index in [1.807, 2.05) is 41.9 Å².